The molecule has 3 aromatic rings. The maximum absolute atomic E-state index is 13.5. The number of aromatic nitrogens is 1. The molecule has 2 radical (unpaired) electrons. The average Bonchev–Trinajstić information content (AvgIpc) is 3.18. The van der Waals surface area contributed by atoms with Crippen LogP contribution < -0.4 is 14.7 Å². The molecule has 32 heavy (non-hydrogen) atoms. The summed E-state index contributed by atoms with van der Waals surface area (Å²) in [6.45, 7) is 5.12. The quantitative estimate of drug-likeness (QED) is 0.356. The zero-order valence-corrected chi connectivity index (χ0v) is 20.2. The fraction of sp³-hybridized carbons (Fsp3) is 0.304. The van der Waals surface area contributed by atoms with Crippen LogP contribution in [0.15, 0.2) is 48.5 Å². The first-order chi connectivity index (χ1) is 15.5. The number of aliphatic hydroxyl groups excluding tert-OH is 1. The summed E-state index contributed by atoms with van der Waals surface area (Å²) in [5.74, 6) is -0.670. The Labute approximate surface area is 199 Å². The van der Waals surface area contributed by atoms with Crippen LogP contribution in [0.4, 0.5) is 20.9 Å². The number of nitrogens with one attached hydrogen (secondary N) is 1. The number of piperazine rings is 1. The first-order valence-electron chi connectivity index (χ1n) is 10.5. The molecule has 0 unspecified atom stereocenters. The SMILES string of the molecule is O=C(c1cccc(F)c1)c1sc(Nc2ccc(N3CCN(CCCO)CC3)cc2)nc1[As]. The van der Waals surface area contributed by atoms with E-state index in [2.05, 4.69) is 49.1 Å². The van der Waals surface area contributed by atoms with Crippen molar-refractivity contribution in [2.24, 2.45) is 0 Å². The van der Waals surface area contributed by atoms with Crippen LogP contribution in [0.5, 0.6) is 0 Å². The van der Waals surface area contributed by atoms with E-state index < -0.39 is 5.82 Å². The van der Waals surface area contributed by atoms with Crippen LogP contribution >= 0.6 is 11.3 Å². The Bertz CT molecular complexity index is 1070. The van der Waals surface area contributed by atoms with Gasteiger partial charge in [-0.1, -0.05) is 0 Å². The van der Waals surface area contributed by atoms with E-state index in [0.29, 0.717) is 20.1 Å². The molecule has 2 aromatic carbocycles. The number of ketones is 1. The van der Waals surface area contributed by atoms with E-state index in [-0.39, 0.29) is 12.4 Å². The molecule has 0 bridgehead atoms. The van der Waals surface area contributed by atoms with E-state index in [1.807, 2.05) is 12.1 Å². The number of benzene rings is 2. The fourth-order valence-corrected chi connectivity index (χ4v) is 5.38. The van der Waals surface area contributed by atoms with E-state index >= 15 is 0 Å². The summed E-state index contributed by atoms with van der Waals surface area (Å²) in [6, 6.07) is 13.9. The number of carbonyl (C=O) groups excluding carboxylic acids is 1. The number of rotatable bonds is 8. The second-order valence-corrected chi connectivity index (χ2v) is 9.48. The van der Waals surface area contributed by atoms with Crippen molar-refractivity contribution < 1.29 is 14.3 Å². The summed E-state index contributed by atoms with van der Waals surface area (Å²) in [5, 5.41) is 12.9. The molecule has 0 amide bonds. The molecule has 1 saturated heterocycles. The van der Waals surface area contributed by atoms with Gasteiger partial charge < -0.3 is 5.11 Å². The van der Waals surface area contributed by atoms with Gasteiger partial charge in [-0.2, -0.15) is 0 Å². The zero-order valence-electron chi connectivity index (χ0n) is 17.5. The van der Waals surface area contributed by atoms with E-state index in [4.69, 9.17) is 5.11 Å². The van der Waals surface area contributed by atoms with Gasteiger partial charge in [0.25, 0.3) is 0 Å². The summed E-state index contributed by atoms with van der Waals surface area (Å²) >= 11 is 3.57. The van der Waals surface area contributed by atoms with Crippen molar-refractivity contribution in [1.82, 2.24) is 9.88 Å². The molecule has 2 heterocycles. The van der Waals surface area contributed by atoms with Gasteiger partial charge in [-0.3, -0.25) is 0 Å². The Morgan fingerprint density at radius 1 is 1.16 bits per heavy atom. The van der Waals surface area contributed by atoms with Crippen molar-refractivity contribution >= 4 is 55.0 Å². The van der Waals surface area contributed by atoms with E-state index in [1.165, 1.54) is 35.2 Å². The van der Waals surface area contributed by atoms with Gasteiger partial charge in [-0.05, 0) is 6.42 Å². The number of hydrogen-bond acceptors (Lipinski definition) is 7. The number of hydrogen-bond donors (Lipinski definition) is 2. The van der Waals surface area contributed by atoms with Crippen molar-refractivity contribution in [1.29, 1.82) is 0 Å². The number of nitrogens with zero attached hydrogens (tertiary/aromatic N) is 3. The monoisotopic (exact) mass is 514 g/mol. The Hall–Kier alpha value is -2.25. The molecule has 6 nitrogen and oxygen atoms in total. The number of carbonyl (C=O) groups is 1. The topological polar surface area (TPSA) is 68.7 Å². The third-order valence-electron chi connectivity index (χ3n) is 5.39. The Balaban J connectivity index is 1.38. The summed E-state index contributed by atoms with van der Waals surface area (Å²) in [6.07, 6.45) is 0.824. The minimum absolute atomic E-state index is 0.237. The van der Waals surface area contributed by atoms with Gasteiger partial charge in [0.15, 0.2) is 0 Å². The second-order valence-electron chi connectivity index (χ2n) is 7.59. The molecule has 0 atom stereocenters. The van der Waals surface area contributed by atoms with Gasteiger partial charge in [0, 0.05) is 13.2 Å². The first kappa shape index (κ1) is 22.9. The Kier molecular flexibility index (Phi) is 7.58. The molecule has 1 aromatic heterocycles. The van der Waals surface area contributed by atoms with E-state index in [1.54, 1.807) is 6.07 Å². The van der Waals surface area contributed by atoms with Gasteiger partial charge >= 0.3 is 175 Å². The van der Waals surface area contributed by atoms with Gasteiger partial charge in [-0.25, -0.2) is 0 Å². The minimum atomic E-state index is -0.433. The number of aliphatic hydroxyl groups is 1. The zero-order chi connectivity index (χ0) is 22.5. The van der Waals surface area contributed by atoms with Gasteiger partial charge in [-0.15, -0.1) is 0 Å². The van der Waals surface area contributed by atoms with Gasteiger partial charge in [0.1, 0.15) is 0 Å². The Morgan fingerprint density at radius 2 is 1.91 bits per heavy atom. The summed E-state index contributed by atoms with van der Waals surface area (Å²) in [4.78, 5) is 22.4. The van der Waals surface area contributed by atoms with Crippen molar-refractivity contribution in [2.45, 2.75) is 6.42 Å². The van der Waals surface area contributed by atoms with Gasteiger partial charge in [0.2, 0.25) is 0 Å². The van der Waals surface area contributed by atoms with Crippen LogP contribution in [0, 0.1) is 5.82 Å². The normalized spacial score (nSPS) is 14.5. The Morgan fingerprint density at radius 3 is 2.59 bits per heavy atom. The molecular formula is C23H24AsFN4O2S. The van der Waals surface area contributed by atoms with E-state index in [9.17, 15) is 9.18 Å². The molecule has 1 fully saturated rings. The molecule has 4 rings (SSSR count). The predicted octanol–water partition coefficient (Wildman–Crippen LogP) is 2.56. The standard InChI is InChI=1S/C23H24AsFN4O2S/c24-22-21(20(31)16-3-1-4-17(25)15-16)32-23(27-22)26-18-5-7-19(8-6-18)29-12-10-28(11-13-29)9-2-14-30/h1,3-8,15,30H,2,9-14H2,(H,26,27). The summed E-state index contributed by atoms with van der Waals surface area (Å²) in [5.41, 5.74) is 2.38. The molecule has 0 aliphatic carbocycles. The van der Waals surface area contributed by atoms with Crippen molar-refractivity contribution in [3.63, 3.8) is 0 Å². The number of anilines is 3. The average molecular weight is 514 g/mol. The molecule has 1 aliphatic heterocycles. The fourth-order valence-electron chi connectivity index (χ4n) is 3.68. The molecule has 0 saturated carbocycles. The van der Waals surface area contributed by atoms with Crippen LogP contribution in [-0.2, 0) is 0 Å². The van der Waals surface area contributed by atoms with E-state index in [0.717, 1.165) is 44.8 Å². The number of thiazole rings is 1. The predicted molar refractivity (Wildman–Crippen MR) is 127 cm³/mol. The molecule has 1 aliphatic rings. The second kappa shape index (κ2) is 10.6. The van der Waals surface area contributed by atoms with Crippen LogP contribution in [0.1, 0.15) is 21.7 Å². The molecule has 0 spiro atoms. The number of halogens is 1. The van der Waals surface area contributed by atoms with Crippen molar-refractivity contribution in [3.8, 4) is 0 Å². The first-order valence-corrected chi connectivity index (χ1v) is 12.2. The van der Waals surface area contributed by atoms with Crippen molar-refractivity contribution in [2.75, 3.05) is 49.5 Å². The molecule has 9 heteroatoms. The summed E-state index contributed by atoms with van der Waals surface area (Å²) in [7, 11) is 0. The van der Waals surface area contributed by atoms with Crippen molar-refractivity contribution in [3.05, 3.63) is 64.8 Å². The maximum atomic E-state index is 13.5. The van der Waals surface area contributed by atoms with Crippen LogP contribution in [0.3, 0.4) is 0 Å². The third-order valence-corrected chi connectivity index (χ3v) is 7.37. The molecule has 166 valence electrons. The third kappa shape index (κ3) is 5.56. The van der Waals surface area contributed by atoms with Crippen LogP contribution in [0.25, 0.3) is 0 Å². The van der Waals surface area contributed by atoms with Crippen LogP contribution in [0.2, 0.25) is 0 Å². The van der Waals surface area contributed by atoms with Gasteiger partial charge in [0.05, 0.1) is 0 Å². The molecular weight excluding hydrogens is 490 g/mol. The summed E-state index contributed by atoms with van der Waals surface area (Å²) < 4.78 is 14.0. The van der Waals surface area contributed by atoms with Crippen LogP contribution in [-0.4, -0.2) is 77.0 Å². The molecule has 2 N–H and O–H groups in total.